The van der Waals surface area contributed by atoms with Gasteiger partial charge in [-0.2, -0.15) is 13.2 Å². The molecule has 2 atom stereocenters. The standard InChI is InChI=1S/C12H15F3N2O2/c13-12(14,15)8-2-1-3-9(17-6-8)11(16)4-5-19-7-10(11)18/h1-2,6,10,18H,3-5,7,16H2. The molecule has 0 aliphatic carbocycles. The second-order valence-corrected chi connectivity index (χ2v) is 4.65. The second-order valence-electron chi connectivity index (χ2n) is 4.65. The zero-order chi connectivity index (χ0) is 14.1. The quantitative estimate of drug-likeness (QED) is 0.759. The fourth-order valence-corrected chi connectivity index (χ4v) is 2.11. The highest BCUT2D eigenvalue weighted by molar-refractivity contribution is 5.96. The summed E-state index contributed by atoms with van der Waals surface area (Å²) in [6.45, 7) is 0.418. The molecule has 3 N–H and O–H groups in total. The van der Waals surface area contributed by atoms with Crippen LogP contribution in [0, 0.1) is 0 Å². The van der Waals surface area contributed by atoms with E-state index in [-0.39, 0.29) is 13.0 Å². The molecule has 7 heteroatoms. The molecule has 0 aromatic carbocycles. The lowest BCUT2D eigenvalue weighted by Gasteiger charge is -2.38. The summed E-state index contributed by atoms with van der Waals surface area (Å²) < 4.78 is 42.8. The van der Waals surface area contributed by atoms with Gasteiger partial charge < -0.3 is 15.6 Å². The molecular weight excluding hydrogens is 261 g/mol. The van der Waals surface area contributed by atoms with Gasteiger partial charge in [-0.15, -0.1) is 0 Å². The molecule has 1 fully saturated rings. The van der Waals surface area contributed by atoms with Gasteiger partial charge in [0, 0.05) is 24.9 Å². The summed E-state index contributed by atoms with van der Waals surface area (Å²) in [4.78, 5) is 3.85. The van der Waals surface area contributed by atoms with Crippen molar-refractivity contribution in [2.24, 2.45) is 10.7 Å². The van der Waals surface area contributed by atoms with Crippen molar-refractivity contribution in [1.29, 1.82) is 0 Å². The van der Waals surface area contributed by atoms with Crippen LogP contribution in [0.25, 0.3) is 0 Å². The van der Waals surface area contributed by atoms with Crippen LogP contribution in [-0.2, 0) is 4.74 Å². The van der Waals surface area contributed by atoms with Gasteiger partial charge in [-0.25, -0.2) is 0 Å². The maximum Gasteiger partial charge on any atom is 0.417 e. The molecule has 4 nitrogen and oxygen atoms in total. The monoisotopic (exact) mass is 276 g/mol. The van der Waals surface area contributed by atoms with Crippen molar-refractivity contribution >= 4 is 5.71 Å². The normalized spacial score (nSPS) is 32.6. The Balaban J connectivity index is 2.29. The van der Waals surface area contributed by atoms with Gasteiger partial charge in [0.1, 0.15) is 6.10 Å². The van der Waals surface area contributed by atoms with Crippen molar-refractivity contribution < 1.29 is 23.0 Å². The molecule has 0 spiro atoms. The summed E-state index contributed by atoms with van der Waals surface area (Å²) in [5.74, 6) is 0. The highest BCUT2D eigenvalue weighted by Crippen LogP contribution is 2.29. The summed E-state index contributed by atoms with van der Waals surface area (Å²) in [7, 11) is 0. The van der Waals surface area contributed by atoms with Gasteiger partial charge in [0.25, 0.3) is 0 Å². The van der Waals surface area contributed by atoms with Crippen LogP contribution in [-0.4, -0.2) is 41.9 Å². The van der Waals surface area contributed by atoms with Crippen LogP contribution in [0.5, 0.6) is 0 Å². The Morgan fingerprint density at radius 3 is 2.84 bits per heavy atom. The van der Waals surface area contributed by atoms with E-state index in [1.54, 1.807) is 0 Å². The van der Waals surface area contributed by atoms with Crippen molar-refractivity contribution in [1.82, 2.24) is 0 Å². The van der Waals surface area contributed by atoms with Gasteiger partial charge in [-0.3, -0.25) is 4.99 Å². The minimum absolute atomic E-state index is 0.0646. The largest absolute Gasteiger partial charge is 0.417 e. The SMILES string of the molecule is NC1(C2=NC=C(C(F)(F)F)C=CC2)CCOCC1O. The lowest BCUT2D eigenvalue weighted by molar-refractivity contribution is -0.0883. The van der Waals surface area contributed by atoms with E-state index in [2.05, 4.69) is 4.99 Å². The van der Waals surface area contributed by atoms with Crippen molar-refractivity contribution in [3.8, 4) is 0 Å². The highest BCUT2D eigenvalue weighted by atomic mass is 19.4. The minimum atomic E-state index is -4.44. The first-order valence-electron chi connectivity index (χ1n) is 5.90. The van der Waals surface area contributed by atoms with Crippen LogP contribution in [0.3, 0.4) is 0 Å². The first kappa shape index (κ1) is 14.2. The molecule has 2 aliphatic rings. The number of aliphatic hydroxyl groups excluding tert-OH is 1. The Kier molecular flexibility index (Phi) is 3.80. The number of nitrogens with zero attached hydrogens (tertiary/aromatic N) is 1. The molecular formula is C12H15F3N2O2. The number of allylic oxidation sites excluding steroid dienone is 3. The third kappa shape index (κ3) is 2.88. The molecule has 106 valence electrons. The fraction of sp³-hybridized carbons (Fsp3) is 0.583. The predicted molar refractivity (Wildman–Crippen MR) is 63.7 cm³/mol. The van der Waals surface area contributed by atoms with E-state index in [0.717, 1.165) is 12.3 Å². The third-order valence-corrected chi connectivity index (χ3v) is 3.36. The van der Waals surface area contributed by atoms with Crippen LogP contribution in [0.2, 0.25) is 0 Å². The molecule has 0 amide bonds. The summed E-state index contributed by atoms with van der Waals surface area (Å²) in [5.41, 5.74) is 4.49. The maximum absolute atomic E-state index is 12.6. The molecule has 2 heterocycles. The van der Waals surface area contributed by atoms with Crippen LogP contribution in [0.15, 0.2) is 28.9 Å². The number of hydrogen-bond donors (Lipinski definition) is 2. The fourth-order valence-electron chi connectivity index (χ4n) is 2.11. The number of alkyl halides is 3. The third-order valence-electron chi connectivity index (χ3n) is 3.36. The summed E-state index contributed by atoms with van der Waals surface area (Å²) >= 11 is 0. The van der Waals surface area contributed by atoms with Gasteiger partial charge in [0.15, 0.2) is 0 Å². The number of aliphatic imine (C=N–C) groups is 1. The smallest absolute Gasteiger partial charge is 0.388 e. The molecule has 0 saturated carbocycles. The van der Waals surface area contributed by atoms with E-state index in [9.17, 15) is 18.3 Å². The van der Waals surface area contributed by atoms with E-state index < -0.39 is 23.4 Å². The number of rotatable bonds is 1. The average molecular weight is 276 g/mol. The number of halogens is 3. The number of ether oxygens (including phenoxy) is 1. The maximum atomic E-state index is 12.6. The van der Waals surface area contributed by atoms with Crippen LogP contribution >= 0.6 is 0 Å². The molecule has 0 aromatic heterocycles. The summed E-state index contributed by atoms with van der Waals surface area (Å²) in [6.07, 6.45) is -1.79. The number of aliphatic hydroxyl groups is 1. The van der Waals surface area contributed by atoms with Gasteiger partial charge in [-0.1, -0.05) is 12.2 Å². The van der Waals surface area contributed by atoms with Crippen molar-refractivity contribution in [3.63, 3.8) is 0 Å². The first-order valence-corrected chi connectivity index (χ1v) is 5.90. The number of nitrogens with two attached hydrogens (primary N) is 1. The zero-order valence-electron chi connectivity index (χ0n) is 10.2. The van der Waals surface area contributed by atoms with Crippen LogP contribution in [0.1, 0.15) is 12.8 Å². The predicted octanol–water partition coefficient (Wildman–Crippen LogP) is 1.31. The molecule has 0 radical (unpaired) electrons. The minimum Gasteiger partial charge on any atom is -0.388 e. The van der Waals surface area contributed by atoms with Crippen molar-refractivity contribution in [3.05, 3.63) is 23.9 Å². The van der Waals surface area contributed by atoms with E-state index in [4.69, 9.17) is 10.5 Å². The molecule has 2 unspecified atom stereocenters. The summed E-state index contributed by atoms with van der Waals surface area (Å²) in [6, 6.07) is 0. The van der Waals surface area contributed by atoms with E-state index in [1.807, 2.05) is 0 Å². The first-order chi connectivity index (χ1) is 8.84. The Morgan fingerprint density at radius 2 is 2.21 bits per heavy atom. The van der Waals surface area contributed by atoms with Crippen LogP contribution in [0.4, 0.5) is 13.2 Å². The van der Waals surface area contributed by atoms with E-state index >= 15 is 0 Å². The molecule has 1 saturated heterocycles. The molecule has 2 aliphatic heterocycles. The summed E-state index contributed by atoms with van der Waals surface area (Å²) in [5, 5.41) is 9.90. The van der Waals surface area contributed by atoms with Gasteiger partial charge >= 0.3 is 6.18 Å². The van der Waals surface area contributed by atoms with Gasteiger partial charge in [0.2, 0.25) is 0 Å². The lowest BCUT2D eigenvalue weighted by Crippen LogP contribution is -2.61. The number of hydrogen-bond acceptors (Lipinski definition) is 4. The van der Waals surface area contributed by atoms with Gasteiger partial charge in [-0.05, 0) is 6.42 Å². The van der Waals surface area contributed by atoms with E-state index in [0.29, 0.717) is 18.7 Å². The van der Waals surface area contributed by atoms with Crippen LogP contribution < -0.4 is 5.73 Å². The van der Waals surface area contributed by atoms with Crippen molar-refractivity contribution in [2.75, 3.05) is 13.2 Å². The Bertz CT molecular complexity index is 443. The van der Waals surface area contributed by atoms with E-state index in [1.165, 1.54) is 6.08 Å². The van der Waals surface area contributed by atoms with Gasteiger partial charge in [0.05, 0.1) is 17.7 Å². The molecule has 2 rings (SSSR count). The average Bonchev–Trinajstić information content (AvgIpc) is 2.58. The lowest BCUT2D eigenvalue weighted by atomic mass is 9.82. The Morgan fingerprint density at radius 1 is 1.47 bits per heavy atom. The Labute approximate surface area is 108 Å². The Hall–Kier alpha value is -1.18. The second kappa shape index (κ2) is 5.07. The van der Waals surface area contributed by atoms with Crippen molar-refractivity contribution in [2.45, 2.75) is 30.7 Å². The topological polar surface area (TPSA) is 67.8 Å². The zero-order valence-corrected chi connectivity index (χ0v) is 10.2. The molecule has 19 heavy (non-hydrogen) atoms. The highest BCUT2D eigenvalue weighted by Gasteiger charge is 2.41. The molecule has 0 aromatic rings. The molecule has 0 bridgehead atoms.